The third-order valence-corrected chi connectivity index (χ3v) is 3.41. The molecule has 1 heterocycles. The van der Waals surface area contributed by atoms with Crippen molar-refractivity contribution in [3.8, 4) is 0 Å². The highest BCUT2D eigenvalue weighted by molar-refractivity contribution is 5.84. The maximum atomic E-state index is 12.0. The highest BCUT2D eigenvalue weighted by Gasteiger charge is 2.44. The lowest BCUT2D eigenvalue weighted by molar-refractivity contribution is -0.148. The van der Waals surface area contributed by atoms with Crippen molar-refractivity contribution in [2.45, 2.75) is 39.2 Å². The van der Waals surface area contributed by atoms with Crippen LogP contribution >= 0.6 is 0 Å². The number of carbonyl (C=O) groups is 3. The number of carboxylic acids is 1. The summed E-state index contributed by atoms with van der Waals surface area (Å²) in [4.78, 5) is 35.3. The average molecular weight is 271 g/mol. The van der Waals surface area contributed by atoms with Crippen LogP contribution in [-0.2, 0) is 9.59 Å². The molecule has 1 saturated heterocycles. The van der Waals surface area contributed by atoms with Crippen molar-refractivity contribution < 1.29 is 19.5 Å². The SMILES string of the molecule is CC1(C)CCCN(C(=O)NCCC(N)=O)C1C(=O)O. The average Bonchev–Trinajstić information content (AvgIpc) is 2.25. The third-order valence-electron chi connectivity index (χ3n) is 3.41. The Balaban J connectivity index is 2.70. The predicted molar refractivity (Wildman–Crippen MR) is 68.4 cm³/mol. The van der Waals surface area contributed by atoms with Crippen LogP contribution in [0.25, 0.3) is 0 Å². The van der Waals surface area contributed by atoms with E-state index in [2.05, 4.69) is 5.32 Å². The van der Waals surface area contributed by atoms with Crippen LogP contribution in [0.2, 0.25) is 0 Å². The predicted octanol–water partition coefficient (Wildman–Crippen LogP) is 0.147. The zero-order valence-corrected chi connectivity index (χ0v) is 11.3. The Kier molecular flexibility index (Phi) is 4.74. The quantitative estimate of drug-likeness (QED) is 0.675. The van der Waals surface area contributed by atoms with Crippen LogP contribution in [0.1, 0.15) is 33.1 Å². The van der Waals surface area contributed by atoms with E-state index < -0.39 is 29.4 Å². The first-order chi connectivity index (χ1) is 8.75. The van der Waals surface area contributed by atoms with E-state index in [9.17, 15) is 19.5 Å². The van der Waals surface area contributed by atoms with Gasteiger partial charge in [-0.05, 0) is 18.3 Å². The largest absolute Gasteiger partial charge is 0.480 e. The fourth-order valence-electron chi connectivity index (χ4n) is 2.47. The lowest BCUT2D eigenvalue weighted by atomic mass is 9.76. The number of nitrogens with zero attached hydrogens (tertiary/aromatic N) is 1. The van der Waals surface area contributed by atoms with E-state index in [-0.39, 0.29) is 13.0 Å². The number of carboxylic acid groups (broad SMARTS) is 1. The van der Waals surface area contributed by atoms with Gasteiger partial charge < -0.3 is 21.1 Å². The van der Waals surface area contributed by atoms with Gasteiger partial charge in [0.2, 0.25) is 5.91 Å². The van der Waals surface area contributed by atoms with E-state index in [4.69, 9.17) is 5.73 Å². The Labute approximate surface area is 112 Å². The zero-order valence-electron chi connectivity index (χ0n) is 11.3. The molecule has 0 radical (unpaired) electrons. The molecule has 4 N–H and O–H groups in total. The number of primary amides is 1. The van der Waals surface area contributed by atoms with Crippen LogP contribution in [-0.4, -0.2) is 47.0 Å². The molecule has 7 nitrogen and oxygen atoms in total. The van der Waals surface area contributed by atoms with Crippen molar-refractivity contribution in [1.82, 2.24) is 10.2 Å². The van der Waals surface area contributed by atoms with E-state index >= 15 is 0 Å². The topological polar surface area (TPSA) is 113 Å². The molecule has 1 fully saturated rings. The summed E-state index contributed by atoms with van der Waals surface area (Å²) in [7, 11) is 0. The lowest BCUT2D eigenvalue weighted by Gasteiger charge is -2.43. The Morgan fingerprint density at radius 1 is 1.42 bits per heavy atom. The molecule has 1 aliphatic rings. The van der Waals surface area contributed by atoms with Gasteiger partial charge in [0, 0.05) is 19.5 Å². The van der Waals surface area contributed by atoms with Gasteiger partial charge in [-0.2, -0.15) is 0 Å². The molecule has 1 rings (SSSR count). The summed E-state index contributed by atoms with van der Waals surface area (Å²) in [5.74, 6) is -1.51. The van der Waals surface area contributed by atoms with Crippen LogP contribution in [0.15, 0.2) is 0 Å². The molecule has 19 heavy (non-hydrogen) atoms. The number of rotatable bonds is 4. The first kappa shape index (κ1) is 15.3. The number of hydrogen-bond acceptors (Lipinski definition) is 3. The Bertz CT molecular complexity index is 381. The molecule has 0 bridgehead atoms. The summed E-state index contributed by atoms with van der Waals surface area (Å²) in [6, 6.07) is -1.31. The lowest BCUT2D eigenvalue weighted by Crippen LogP contribution is -2.58. The minimum atomic E-state index is -1.00. The molecule has 0 aromatic rings. The summed E-state index contributed by atoms with van der Waals surface area (Å²) in [6.45, 7) is 4.21. The summed E-state index contributed by atoms with van der Waals surface area (Å²) in [5.41, 5.74) is 4.51. The van der Waals surface area contributed by atoms with Crippen LogP contribution in [0.5, 0.6) is 0 Å². The number of amides is 3. The van der Waals surface area contributed by atoms with Crippen molar-refractivity contribution in [2.75, 3.05) is 13.1 Å². The monoisotopic (exact) mass is 271 g/mol. The molecule has 1 atom stereocenters. The van der Waals surface area contributed by atoms with E-state index in [1.165, 1.54) is 4.90 Å². The maximum absolute atomic E-state index is 12.0. The third kappa shape index (κ3) is 3.84. The molecule has 0 saturated carbocycles. The van der Waals surface area contributed by atoms with E-state index in [0.717, 1.165) is 12.8 Å². The maximum Gasteiger partial charge on any atom is 0.327 e. The number of likely N-dealkylation sites (tertiary alicyclic amines) is 1. The second-order valence-electron chi connectivity index (χ2n) is 5.47. The molecule has 7 heteroatoms. The molecule has 0 aromatic carbocycles. The number of piperidine rings is 1. The summed E-state index contributed by atoms with van der Waals surface area (Å²) >= 11 is 0. The van der Waals surface area contributed by atoms with E-state index in [0.29, 0.717) is 6.54 Å². The molecule has 0 aliphatic carbocycles. The van der Waals surface area contributed by atoms with Crippen molar-refractivity contribution in [1.29, 1.82) is 0 Å². The van der Waals surface area contributed by atoms with Crippen molar-refractivity contribution in [3.63, 3.8) is 0 Å². The van der Waals surface area contributed by atoms with Gasteiger partial charge >= 0.3 is 12.0 Å². The number of aliphatic carboxylic acids is 1. The molecule has 0 aromatic heterocycles. The zero-order chi connectivity index (χ0) is 14.6. The minimum absolute atomic E-state index is 0.0424. The van der Waals surface area contributed by atoms with E-state index in [1.807, 2.05) is 13.8 Å². The first-order valence-corrected chi connectivity index (χ1v) is 6.31. The summed E-state index contributed by atoms with van der Waals surface area (Å²) in [5, 5.41) is 11.8. The fourth-order valence-corrected chi connectivity index (χ4v) is 2.47. The summed E-state index contributed by atoms with van der Waals surface area (Å²) in [6.07, 6.45) is 1.57. The molecule has 108 valence electrons. The second-order valence-corrected chi connectivity index (χ2v) is 5.47. The standard InChI is InChI=1S/C12H21N3O4/c1-12(2)5-3-7-15(9(12)10(17)18)11(19)14-6-4-8(13)16/h9H,3-7H2,1-2H3,(H2,13,16)(H,14,19)(H,17,18). The van der Waals surface area contributed by atoms with Crippen LogP contribution in [0.4, 0.5) is 4.79 Å². The van der Waals surface area contributed by atoms with Gasteiger partial charge in [-0.25, -0.2) is 9.59 Å². The molecular weight excluding hydrogens is 250 g/mol. The smallest absolute Gasteiger partial charge is 0.327 e. The van der Waals surface area contributed by atoms with Gasteiger partial charge in [-0.1, -0.05) is 13.8 Å². The fraction of sp³-hybridized carbons (Fsp3) is 0.750. The van der Waals surface area contributed by atoms with Crippen LogP contribution < -0.4 is 11.1 Å². The van der Waals surface area contributed by atoms with Crippen LogP contribution in [0.3, 0.4) is 0 Å². The highest BCUT2D eigenvalue weighted by Crippen LogP contribution is 2.35. The Hall–Kier alpha value is -1.79. The van der Waals surface area contributed by atoms with Gasteiger partial charge in [0.1, 0.15) is 6.04 Å². The molecule has 1 unspecified atom stereocenters. The van der Waals surface area contributed by atoms with Gasteiger partial charge in [0.05, 0.1) is 0 Å². The number of urea groups is 1. The van der Waals surface area contributed by atoms with E-state index in [1.54, 1.807) is 0 Å². The summed E-state index contributed by atoms with van der Waals surface area (Å²) < 4.78 is 0. The number of carbonyl (C=O) groups excluding carboxylic acids is 2. The molecule has 0 spiro atoms. The van der Waals surface area contributed by atoms with Gasteiger partial charge in [-0.3, -0.25) is 4.79 Å². The second kappa shape index (κ2) is 5.90. The number of nitrogens with two attached hydrogens (primary N) is 1. The molecule has 1 aliphatic heterocycles. The first-order valence-electron chi connectivity index (χ1n) is 6.31. The normalized spacial score (nSPS) is 21.8. The van der Waals surface area contributed by atoms with Crippen molar-refractivity contribution >= 4 is 17.9 Å². The number of hydrogen-bond donors (Lipinski definition) is 3. The number of nitrogens with one attached hydrogen (secondary N) is 1. The van der Waals surface area contributed by atoms with Crippen molar-refractivity contribution in [2.24, 2.45) is 11.1 Å². The van der Waals surface area contributed by atoms with Gasteiger partial charge in [0.25, 0.3) is 0 Å². The Morgan fingerprint density at radius 3 is 2.58 bits per heavy atom. The Morgan fingerprint density at radius 2 is 2.05 bits per heavy atom. The minimum Gasteiger partial charge on any atom is -0.480 e. The van der Waals surface area contributed by atoms with Crippen molar-refractivity contribution in [3.05, 3.63) is 0 Å². The van der Waals surface area contributed by atoms with Crippen LogP contribution in [0, 0.1) is 5.41 Å². The molecule has 3 amide bonds. The van der Waals surface area contributed by atoms with Gasteiger partial charge in [-0.15, -0.1) is 0 Å². The highest BCUT2D eigenvalue weighted by atomic mass is 16.4. The molecular formula is C12H21N3O4. The van der Waals surface area contributed by atoms with Gasteiger partial charge in [0.15, 0.2) is 0 Å².